The number of hydrogen-bond acceptors (Lipinski definition) is 2. The van der Waals surface area contributed by atoms with Gasteiger partial charge in [0.05, 0.1) is 22.8 Å². The van der Waals surface area contributed by atoms with Gasteiger partial charge >= 0.3 is 0 Å². The Hall–Kier alpha value is -2.92. The number of fused-ring (bicyclic) bond motifs is 8. The van der Waals surface area contributed by atoms with Crippen molar-refractivity contribution in [2.75, 3.05) is 5.83 Å². The van der Waals surface area contributed by atoms with Crippen molar-refractivity contribution in [3.05, 3.63) is 71.3 Å². The number of aromatic amines is 2. The third-order valence-electron chi connectivity index (χ3n) is 4.04. The van der Waals surface area contributed by atoms with Gasteiger partial charge in [0.1, 0.15) is 0 Å². The van der Waals surface area contributed by atoms with Crippen LogP contribution >= 0.6 is 15.9 Å². The maximum Gasteiger partial charge on any atom is 0.0658 e. The molecule has 0 aromatic carbocycles. The van der Waals surface area contributed by atoms with Gasteiger partial charge < -0.3 is 9.97 Å². The molecule has 0 radical (unpaired) electrons. The second kappa shape index (κ2) is 7.14. The van der Waals surface area contributed by atoms with Gasteiger partial charge in [-0.05, 0) is 78.7 Å². The molecule has 0 aliphatic carbocycles. The minimum Gasteiger partial charge on any atom is -0.355 e. The summed E-state index contributed by atoms with van der Waals surface area (Å²) in [7, 11) is 0. The molecule has 3 aromatic rings. The topological polar surface area (TPSA) is 57.4 Å². The molecule has 128 valence electrons. The van der Waals surface area contributed by atoms with Gasteiger partial charge in [-0.1, -0.05) is 15.9 Å². The molecule has 0 spiro atoms. The Labute approximate surface area is 159 Å². The molecule has 2 N–H and O–H groups in total. The van der Waals surface area contributed by atoms with Crippen LogP contribution in [0.5, 0.6) is 0 Å². The van der Waals surface area contributed by atoms with Crippen LogP contribution in [-0.2, 0) is 0 Å². The van der Waals surface area contributed by atoms with Gasteiger partial charge in [-0.25, -0.2) is 9.97 Å². The molecule has 0 saturated heterocycles. The largest absolute Gasteiger partial charge is 0.355 e. The lowest BCUT2D eigenvalue weighted by Gasteiger charge is -1.85. The van der Waals surface area contributed by atoms with Crippen LogP contribution in [0.4, 0.5) is 0 Å². The van der Waals surface area contributed by atoms with E-state index in [0.717, 1.165) is 44.8 Å². The van der Waals surface area contributed by atoms with Crippen molar-refractivity contribution in [2.24, 2.45) is 0 Å². The van der Waals surface area contributed by atoms with Gasteiger partial charge in [0.25, 0.3) is 0 Å². The standard InChI is InChI=1S/C20H14N4.CH3Br/c1-2-14-10-16-5-6-18(23-16)12-20-8-7-19(24-20)11-17-4-3-15(22-17)9-13(1)21-14;1-2/h1-12,21,24H;1H3. The molecule has 0 atom stereocenters. The molecule has 5 heterocycles. The molecule has 0 saturated carbocycles. The summed E-state index contributed by atoms with van der Waals surface area (Å²) in [6.07, 6.45) is 8.09. The van der Waals surface area contributed by atoms with Gasteiger partial charge in [-0.15, -0.1) is 0 Å². The summed E-state index contributed by atoms with van der Waals surface area (Å²) >= 11 is 2.94. The molecular weight excluding hydrogens is 388 g/mol. The fourth-order valence-corrected chi connectivity index (χ4v) is 2.94. The monoisotopic (exact) mass is 404 g/mol. The zero-order valence-corrected chi connectivity index (χ0v) is 15.8. The van der Waals surface area contributed by atoms with Crippen molar-refractivity contribution in [1.29, 1.82) is 0 Å². The Bertz CT molecular complexity index is 990. The van der Waals surface area contributed by atoms with Crippen molar-refractivity contribution in [3.63, 3.8) is 0 Å². The normalized spacial score (nSPS) is 11.9. The maximum atomic E-state index is 4.63. The van der Waals surface area contributed by atoms with Crippen LogP contribution in [0.15, 0.2) is 48.5 Å². The molecule has 8 bridgehead atoms. The van der Waals surface area contributed by atoms with Crippen LogP contribution in [0, 0.1) is 0 Å². The summed E-state index contributed by atoms with van der Waals surface area (Å²) in [6.45, 7) is 0. The van der Waals surface area contributed by atoms with Crippen LogP contribution in [0.1, 0.15) is 22.8 Å². The van der Waals surface area contributed by atoms with Gasteiger partial charge in [-0.2, -0.15) is 0 Å². The van der Waals surface area contributed by atoms with Crippen molar-refractivity contribution >= 4 is 62.3 Å². The first-order valence-electron chi connectivity index (χ1n) is 8.22. The second-order valence-corrected chi connectivity index (χ2v) is 5.91. The average molecular weight is 405 g/mol. The van der Waals surface area contributed by atoms with Crippen LogP contribution in [-0.4, -0.2) is 25.8 Å². The summed E-state index contributed by atoms with van der Waals surface area (Å²) in [4.78, 5) is 16.0. The van der Waals surface area contributed by atoms with Crippen molar-refractivity contribution < 1.29 is 0 Å². The van der Waals surface area contributed by atoms with Crippen molar-refractivity contribution in [1.82, 2.24) is 19.9 Å². The molecule has 5 rings (SSSR count). The molecule has 0 unspecified atom stereocenters. The van der Waals surface area contributed by atoms with Gasteiger partial charge in [0.2, 0.25) is 0 Å². The highest BCUT2D eigenvalue weighted by Crippen LogP contribution is 2.16. The lowest BCUT2D eigenvalue weighted by atomic mass is 10.3. The van der Waals surface area contributed by atoms with E-state index in [1.54, 1.807) is 0 Å². The summed E-state index contributed by atoms with van der Waals surface area (Å²) in [5, 5.41) is 0. The Kier molecular flexibility index (Phi) is 4.54. The smallest absolute Gasteiger partial charge is 0.0658 e. The number of nitrogens with zero attached hydrogens (tertiary/aromatic N) is 2. The number of rotatable bonds is 0. The van der Waals surface area contributed by atoms with Gasteiger partial charge in [-0.3, -0.25) is 0 Å². The van der Waals surface area contributed by atoms with E-state index >= 15 is 0 Å². The maximum absolute atomic E-state index is 4.63. The third kappa shape index (κ3) is 3.53. The third-order valence-corrected chi connectivity index (χ3v) is 4.04. The van der Waals surface area contributed by atoms with Crippen LogP contribution in [0.25, 0.3) is 46.4 Å². The van der Waals surface area contributed by atoms with Crippen molar-refractivity contribution in [3.8, 4) is 0 Å². The Morgan fingerprint density at radius 1 is 0.538 bits per heavy atom. The molecule has 26 heavy (non-hydrogen) atoms. The van der Waals surface area contributed by atoms with E-state index < -0.39 is 0 Å². The lowest BCUT2D eigenvalue weighted by molar-refractivity contribution is 1.31. The van der Waals surface area contributed by atoms with E-state index in [0.29, 0.717) is 0 Å². The predicted molar refractivity (Wildman–Crippen MR) is 114 cm³/mol. The molecule has 5 heteroatoms. The second-order valence-electron chi connectivity index (χ2n) is 5.91. The number of hydrogen-bond donors (Lipinski definition) is 2. The fourth-order valence-electron chi connectivity index (χ4n) is 2.94. The highest BCUT2D eigenvalue weighted by Gasteiger charge is 2.00. The number of alkyl halides is 1. The first-order chi connectivity index (χ1) is 12.8. The molecule has 3 aromatic heterocycles. The van der Waals surface area contributed by atoms with Crippen molar-refractivity contribution in [2.45, 2.75) is 0 Å². The molecule has 2 aliphatic rings. The minimum atomic E-state index is 0.939. The quantitative estimate of drug-likeness (QED) is 0.326. The van der Waals surface area contributed by atoms with Gasteiger partial charge in [0, 0.05) is 22.1 Å². The summed E-state index contributed by atoms with van der Waals surface area (Å²) in [5.41, 5.74) is 7.86. The molecule has 4 nitrogen and oxygen atoms in total. The number of halogens is 1. The van der Waals surface area contributed by atoms with Crippen LogP contribution < -0.4 is 0 Å². The number of aromatic nitrogens is 4. The Morgan fingerprint density at radius 2 is 0.808 bits per heavy atom. The average Bonchev–Trinajstić information content (AvgIpc) is 3.42. The lowest BCUT2D eigenvalue weighted by Crippen LogP contribution is -1.75. The van der Waals surface area contributed by atoms with E-state index in [-0.39, 0.29) is 0 Å². The number of nitrogens with one attached hydrogen (secondary N) is 2. The van der Waals surface area contributed by atoms with Crippen LogP contribution in [0.2, 0.25) is 0 Å². The molecular formula is C21H17BrN4. The van der Waals surface area contributed by atoms with Gasteiger partial charge in [0.15, 0.2) is 0 Å². The van der Waals surface area contributed by atoms with E-state index in [9.17, 15) is 0 Å². The SMILES string of the molecule is C1=Cc2cc3ccc(cc4nc(cc5ccc(cc1n2)[nH]5)C=C4)[nH]3.CBr. The van der Waals surface area contributed by atoms with E-state index in [1.165, 1.54) is 0 Å². The minimum absolute atomic E-state index is 0.939. The van der Waals surface area contributed by atoms with E-state index in [2.05, 4.69) is 60.1 Å². The highest BCUT2D eigenvalue weighted by molar-refractivity contribution is 9.08. The fraction of sp³-hybridized carbons (Fsp3) is 0.0476. The molecule has 2 aliphatic heterocycles. The van der Waals surface area contributed by atoms with E-state index in [1.807, 2.05) is 54.4 Å². The predicted octanol–water partition coefficient (Wildman–Crippen LogP) is 5.67. The highest BCUT2D eigenvalue weighted by atomic mass is 79.9. The van der Waals surface area contributed by atoms with E-state index in [4.69, 9.17) is 0 Å². The summed E-state index contributed by atoms with van der Waals surface area (Å²) in [5.74, 6) is 1.81. The summed E-state index contributed by atoms with van der Waals surface area (Å²) < 4.78 is 0. The zero-order chi connectivity index (χ0) is 17.9. The Balaban J connectivity index is 0.000000814. The Morgan fingerprint density at radius 3 is 1.08 bits per heavy atom. The molecule has 0 amide bonds. The first kappa shape index (κ1) is 16.5. The zero-order valence-electron chi connectivity index (χ0n) is 14.2. The summed E-state index contributed by atoms with van der Waals surface area (Å²) in [6, 6.07) is 16.4. The number of H-pyrrole nitrogens is 2. The van der Waals surface area contributed by atoms with Crippen LogP contribution in [0.3, 0.4) is 0 Å². The molecule has 0 fully saturated rings. The first-order valence-corrected chi connectivity index (χ1v) is 9.81.